The molecule has 0 aromatic heterocycles. The molecule has 0 bridgehead atoms. The Morgan fingerprint density at radius 1 is 1.12 bits per heavy atom. The molecule has 0 aliphatic heterocycles. The molecule has 25 heavy (non-hydrogen) atoms. The van der Waals surface area contributed by atoms with E-state index < -0.39 is 5.60 Å². The van der Waals surface area contributed by atoms with Gasteiger partial charge in [0.05, 0.1) is 6.61 Å². The van der Waals surface area contributed by atoms with Gasteiger partial charge in [-0.2, -0.15) is 0 Å². The normalized spacial score (nSPS) is 11.8. The van der Waals surface area contributed by atoms with Gasteiger partial charge in [-0.05, 0) is 38.3 Å². The van der Waals surface area contributed by atoms with Crippen LogP contribution in [0.1, 0.15) is 41.0 Å². The minimum Gasteiger partial charge on any atom is -0.493 e. The number of hydrogen-bond acceptors (Lipinski definition) is 3. The van der Waals surface area contributed by atoms with E-state index in [9.17, 15) is 4.79 Å². The van der Waals surface area contributed by atoms with Crippen LogP contribution in [0.5, 0.6) is 5.75 Å². The zero-order chi connectivity index (χ0) is 18.4. The lowest BCUT2D eigenvalue weighted by Gasteiger charge is -2.24. The molecule has 0 saturated carbocycles. The molecule has 2 rings (SSSR count). The van der Waals surface area contributed by atoms with E-state index in [2.05, 4.69) is 19.2 Å². The molecule has 0 fully saturated rings. The average Bonchev–Trinajstić information content (AvgIpc) is 2.59. The Balaban J connectivity index is 2.27. The molecule has 0 aliphatic carbocycles. The van der Waals surface area contributed by atoms with Crippen LogP contribution in [0.25, 0.3) is 10.8 Å². The molecule has 0 heterocycles. The SMILES string of the molecule is CCCOC(C)(C)C(=O)Nc1ccc(OCC(C)C)c2ccccc12. The summed E-state index contributed by atoms with van der Waals surface area (Å²) in [5.74, 6) is 1.14. The topological polar surface area (TPSA) is 47.6 Å². The van der Waals surface area contributed by atoms with E-state index in [1.165, 1.54) is 0 Å². The predicted molar refractivity (Wildman–Crippen MR) is 103 cm³/mol. The number of benzene rings is 2. The highest BCUT2D eigenvalue weighted by atomic mass is 16.5. The van der Waals surface area contributed by atoms with Gasteiger partial charge in [0.2, 0.25) is 0 Å². The van der Waals surface area contributed by atoms with Crippen molar-refractivity contribution in [1.29, 1.82) is 0 Å². The molecule has 4 heteroatoms. The highest BCUT2D eigenvalue weighted by Gasteiger charge is 2.28. The summed E-state index contributed by atoms with van der Waals surface area (Å²) < 4.78 is 11.6. The van der Waals surface area contributed by atoms with Crippen LogP contribution >= 0.6 is 0 Å². The lowest BCUT2D eigenvalue weighted by Crippen LogP contribution is -2.40. The van der Waals surface area contributed by atoms with Crippen LogP contribution in [-0.4, -0.2) is 24.7 Å². The molecule has 0 saturated heterocycles. The van der Waals surface area contributed by atoms with E-state index in [1.807, 2.05) is 43.3 Å². The van der Waals surface area contributed by atoms with Gasteiger partial charge in [-0.1, -0.05) is 45.0 Å². The second-order valence-corrected chi connectivity index (χ2v) is 7.17. The third-order valence-electron chi connectivity index (χ3n) is 3.92. The first kappa shape index (κ1) is 19.3. The summed E-state index contributed by atoms with van der Waals surface area (Å²) in [4.78, 5) is 12.6. The number of hydrogen-bond donors (Lipinski definition) is 1. The number of amides is 1. The maximum atomic E-state index is 12.6. The van der Waals surface area contributed by atoms with Crippen LogP contribution < -0.4 is 10.1 Å². The summed E-state index contributed by atoms with van der Waals surface area (Å²) in [7, 11) is 0. The first-order valence-electron chi connectivity index (χ1n) is 8.95. The monoisotopic (exact) mass is 343 g/mol. The van der Waals surface area contributed by atoms with Gasteiger partial charge in [0.25, 0.3) is 5.91 Å². The Labute approximate surface area is 150 Å². The minimum absolute atomic E-state index is 0.151. The van der Waals surface area contributed by atoms with Crippen LogP contribution in [0.3, 0.4) is 0 Å². The van der Waals surface area contributed by atoms with Crippen molar-refractivity contribution in [2.24, 2.45) is 5.92 Å². The van der Waals surface area contributed by atoms with Gasteiger partial charge >= 0.3 is 0 Å². The number of carbonyl (C=O) groups is 1. The highest BCUT2D eigenvalue weighted by Crippen LogP contribution is 2.32. The Morgan fingerprint density at radius 2 is 1.80 bits per heavy atom. The Kier molecular flexibility index (Phi) is 6.43. The van der Waals surface area contributed by atoms with Crippen LogP contribution in [0.4, 0.5) is 5.69 Å². The highest BCUT2D eigenvalue weighted by molar-refractivity contribution is 6.06. The number of ether oxygens (including phenoxy) is 2. The third-order valence-corrected chi connectivity index (χ3v) is 3.92. The number of anilines is 1. The fourth-order valence-corrected chi connectivity index (χ4v) is 2.46. The van der Waals surface area contributed by atoms with E-state index in [4.69, 9.17) is 9.47 Å². The number of carbonyl (C=O) groups excluding carboxylic acids is 1. The van der Waals surface area contributed by atoms with Gasteiger partial charge in [-0.3, -0.25) is 4.79 Å². The molecular weight excluding hydrogens is 314 g/mol. The second kappa shape index (κ2) is 8.34. The van der Waals surface area contributed by atoms with Crippen molar-refractivity contribution in [2.75, 3.05) is 18.5 Å². The maximum Gasteiger partial charge on any atom is 0.256 e. The zero-order valence-corrected chi connectivity index (χ0v) is 15.9. The fourth-order valence-electron chi connectivity index (χ4n) is 2.46. The van der Waals surface area contributed by atoms with Crippen molar-refractivity contribution in [2.45, 2.75) is 46.6 Å². The maximum absolute atomic E-state index is 12.6. The lowest BCUT2D eigenvalue weighted by atomic mass is 10.1. The summed E-state index contributed by atoms with van der Waals surface area (Å²) >= 11 is 0. The summed E-state index contributed by atoms with van der Waals surface area (Å²) in [6.07, 6.45) is 0.877. The van der Waals surface area contributed by atoms with Crippen molar-refractivity contribution in [1.82, 2.24) is 0 Å². The minimum atomic E-state index is -0.871. The van der Waals surface area contributed by atoms with Gasteiger partial charge in [0.15, 0.2) is 0 Å². The van der Waals surface area contributed by atoms with E-state index in [1.54, 1.807) is 13.8 Å². The number of fused-ring (bicyclic) bond motifs is 1. The predicted octanol–water partition coefficient (Wildman–Crippen LogP) is 5.02. The van der Waals surface area contributed by atoms with Crippen LogP contribution in [-0.2, 0) is 9.53 Å². The van der Waals surface area contributed by atoms with E-state index >= 15 is 0 Å². The summed E-state index contributed by atoms with van der Waals surface area (Å²) in [6, 6.07) is 11.8. The summed E-state index contributed by atoms with van der Waals surface area (Å²) in [6.45, 7) is 11.1. The number of rotatable bonds is 8. The van der Waals surface area contributed by atoms with Gasteiger partial charge < -0.3 is 14.8 Å². The zero-order valence-electron chi connectivity index (χ0n) is 15.9. The molecule has 136 valence electrons. The molecule has 0 aliphatic rings. The van der Waals surface area contributed by atoms with E-state index in [-0.39, 0.29) is 5.91 Å². The quantitative estimate of drug-likeness (QED) is 0.732. The van der Waals surface area contributed by atoms with E-state index in [0.29, 0.717) is 19.1 Å². The average molecular weight is 343 g/mol. The van der Waals surface area contributed by atoms with Gasteiger partial charge in [0, 0.05) is 23.1 Å². The Bertz CT molecular complexity index is 722. The van der Waals surface area contributed by atoms with Gasteiger partial charge in [-0.15, -0.1) is 0 Å². The first-order chi connectivity index (χ1) is 11.8. The van der Waals surface area contributed by atoms with Crippen molar-refractivity contribution in [3.8, 4) is 5.75 Å². The first-order valence-corrected chi connectivity index (χ1v) is 8.95. The summed E-state index contributed by atoms with van der Waals surface area (Å²) in [5.41, 5.74) is -0.102. The molecule has 2 aromatic carbocycles. The van der Waals surface area contributed by atoms with Crippen molar-refractivity contribution in [3.63, 3.8) is 0 Å². The molecule has 0 radical (unpaired) electrons. The molecule has 0 unspecified atom stereocenters. The molecular formula is C21H29NO3. The number of nitrogens with one attached hydrogen (secondary N) is 1. The third kappa shape index (κ3) is 4.95. The Morgan fingerprint density at radius 3 is 2.44 bits per heavy atom. The Hall–Kier alpha value is -2.07. The van der Waals surface area contributed by atoms with Crippen LogP contribution in [0.15, 0.2) is 36.4 Å². The van der Waals surface area contributed by atoms with Crippen LogP contribution in [0, 0.1) is 5.92 Å². The standard InChI is InChI=1S/C21H29NO3/c1-6-13-25-21(4,5)20(23)22-18-11-12-19(24-14-15(2)3)17-10-8-7-9-16(17)18/h7-12,15H,6,13-14H2,1-5H3,(H,22,23). The van der Waals surface area contributed by atoms with Crippen molar-refractivity contribution in [3.05, 3.63) is 36.4 Å². The largest absolute Gasteiger partial charge is 0.493 e. The summed E-state index contributed by atoms with van der Waals surface area (Å²) in [5, 5.41) is 4.96. The molecule has 0 spiro atoms. The molecule has 1 amide bonds. The second-order valence-electron chi connectivity index (χ2n) is 7.17. The fraction of sp³-hybridized carbons (Fsp3) is 0.476. The van der Waals surface area contributed by atoms with Gasteiger partial charge in [0.1, 0.15) is 11.4 Å². The smallest absolute Gasteiger partial charge is 0.256 e. The van der Waals surface area contributed by atoms with E-state index in [0.717, 1.165) is 28.6 Å². The molecule has 4 nitrogen and oxygen atoms in total. The van der Waals surface area contributed by atoms with Crippen molar-refractivity contribution < 1.29 is 14.3 Å². The van der Waals surface area contributed by atoms with Crippen molar-refractivity contribution >= 4 is 22.4 Å². The van der Waals surface area contributed by atoms with Gasteiger partial charge in [-0.25, -0.2) is 0 Å². The van der Waals surface area contributed by atoms with Crippen LogP contribution in [0.2, 0.25) is 0 Å². The lowest BCUT2D eigenvalue weighted by molar-refractivity contribution is -0.137. The molecule has 1 N–H and O–H groups in total. The molecule has 0 atom stereocenters. The molecule has 2 aromatic rings.